The lowest BCUT2D eigenvalue weighted by molar-refractivity contribution is 0.543. The van der Waals surface area contributed by atoms with Crippen molar-refractivity contribution in [3.8, 4) is 0 Å². The van der Waals surface area contributed by atoms with Crippen molar-refractivity contribution in [2.45, 2.75) is 25.1 Å². The fourth-order valence-electron chi connectivity index (χ4n) is 1.57. The summed E-state index contributed by atoms with van der Waals surface area (Å²) >= 11 is 0. The Morgan fingerprint density at radius 1 is 1.18 bits per heavy atom. The molecule has 0 aliphatic heterocycles. The van der Waals surface area contributed by atoms with Crippen molar-refractivity contribution in [2.24, 2.45) is 5.73 Å². The van der Waals surface area contributed by atoms with E-state index in [0.717, 1.165) is 12.1 Å². The number of halogens is 2. The maximum atomic E-state index is 12.9. The van der Waals surface area contributed by atoms with Gasteiger partial charge in [-0.05, 0) is 31.5 Å². The second kappa shape index (κ2) is 4.70. The molecule has 0 saturated heterocycles. The third-order valence-corrected chi connectivity index (χ3v) is 3.86. The van der Waals surface area contributed by atoms with Gasteiger partial charge < -0.3 is 5.73 Å². The highest BCUT2D eigenvalue weighted by molar-refractivity contribution is 7.90. The summed E-state index contributed by atoms with van der Waals surface area (Å²) in [6.07, 6.45) is 0. The van der Waals surface area contributed by atoms with E-state index >= 15 is 0 Å². The SMILES string of the molecule is CC(C)(N)CS(=O)(=O)Cc1cc(F)cc(F)c1. The van der Waals surface area contributed by atoms with Crippen LogP contribution in [0.4, 0.5) is 8.78 Å². The molecule has 0 unspecified atom stereocenters. The van der Waals surface area contributed by atoms with Crippen molar-refractivity contribution < 1.29 is 17.2 Å². The molecule has 0 spiro atoms. The number of hydrogen-bond acceptors (Lipinski definition) is 3. The van der Waals surface area contributed by atoms with Gasteiger partial charge in [0.15, 0.2) is 9.84 Å². The summed E-state index contributed by atoms with van der Waals surface area (Å²) in [4.78, 5) is 0. The first kappa shape index (κ1) is 14.1. The van der Waals surface area contributed by atoms with E-state index in [2.05, 4.69) is 0 Å². The first-order valence-corrected chi connectivity index (χ1v) is 6.84. The predicted octanol–water partition coefficient (Wildman–Crippen LogP) is 1.62. The molecule has 0 bridgehead atoms. The summed E-state index contributed by atoms with van der Waals surface area (Å²) in [7, 11) is -3.48. The lowest BCUT2D eigenvalue weighted by Crippen LogP contribution is -2.40. The summed E-state index contributed by atoms with van der Waals surface area (Å²) in [6, 6.07) is 2.71. The van der Waals surface area contributed by atoms with Crippen LogP contribution < -0.4 is 5.73 Å². The number of hydrogen-bond donors (Lipinski definition) is 1. The van der Waals surface area contributed by atoms with E-state index in [1.165, 1.54) is 0 Å². The molecule has 1 aromatic carbocycles. The Hall–Kier alpha value is -1.01. The minimum absolute atomic E-state index is 0.0896. The minimum Gasteiger partial charge on any atom is -0.325 e. The number of rotatable bonds is 4. The Balaban J connectivity index is 2.91. The van der Waals surface area contributed by atoms with Crippen LogP contribution in [0.1, 0.15) is 19.4 Å². The Morgan fingerprint density at radius 2 is 1.65 bits per heavy atom. The second-order valence-corrected chi connectivity index (χ2v) is 6.86. The number of sulfone groups is 1. The largest absolute Gasteiger partial charge is 0.325 e. The van der Waals surface area contributed by atoms with Gasteiger partial charge >= 0.3 is 0 Å². The van der Waals surface area contributed by atoms with Crippen molar-refractivity contribution in [1.29, 1.82) is 0 Å². The molecular formula is C11H15F2NO2S. The standard InChI is InChI=1S/C11H15F2NO2S/c1-11(2,14)7-17(15,16)6-8-3-9(12)5-10(13)4-8/h3-5H,6-7,14H2,1-2H3. The van der Waals surface area contributed by atoms with Gasteiger partial charge in [-0.1, -0.05) is 0 Å². The topological polar surface area (TPSA) is 60.2 Å². The molecule has 1 rings (SSSR count). The molecule has 0 aromatic heterocycles. The molecular weight excluding hydrogens is 248 g/mol. The maximum absolute atomic E-state index is 12.9. The van der Waals surface area contributed by atoms with Crippen molar-refractivity contribution in [3.63, 3.8) is 0 Å². The van der Waals surface area contributed by atoms with Crippen molar-refractivity contribution in [2.75, 3.05) is 5.75 Å². The maximum Gasteiger partial charge on any atom is 0.156 e. The number of nitrogens with two attached hydrogens (primary N) is 1. The van der Waals surface area contributed by atoms with Crippen molar-refractivity contribution in [1.82, 2.24) is 0 Å². The van der Waals surface area contributed by atoms with Crippen LogP contribution in [-0.4, -0.2) is 19.7 Å². The molecule has 6 heteroatoms. The molecule has 0 saturated carbocycles. The summed E-state index contributed by atoms with van der Waals surface area (Å²) in [5.74, 6) is -2.23. The lowest BCUT2D eigenvalue weighted by Gasteiger charge is -2.18. The van der Waals surface area contributed by atoms with E-state index in [4.69, 9.17) is 5.73 Å². The van der Waals surface area contributed by atoms with Gasteiger partial charge in [0.2, 0.25) is 0 Å². The monoisotopic (exact) mass is 263 g/mol. The van der Waals surface area contributed by atoms with E-state index in [0.29, 0.717) is 6.07 Å². The van der Waals surface area contributed by atoms with E-state index in [9.17, 15) is 17.2 Å². The molecule has 0 radical (unpaired) electrons. The summed E-state index contributed by atoms with van der Waals surface area (Å²) in [6.45, 7) is 3.16. The van der Waals surface area contributed by atoms with Gasteiger partial charge in [0.25, 0.3) is 0 Å². The van der Waals surface area contributed by atoms with Crippen LogP contribution >= 0.6 is 0 Å². The average Bonchev–Trinajstić information content (AvgIpc) is 1.93. The Bertz CT molecular complexity index is 486. The van der Waals surface area contributed by atoms with Crippen molar-refractivity contribution in [3.05, 3.63) is 35.4 Å². The molecule has 0 aliphatic rings. The molecule has 1 aromatic rings. The van der Waals surface area contributed by atoms with Crippen LogP contribution in [0.5, 0.6) is 0 Å². The lowest BCUT2D eigenvalue weighted by atomic mass is 10.1. The fourth-order valence-corrected chi connectivity index (χ4v) is 3.48. The Labute approximate surface area is 99.6 Å². The van der Waals surface area contributed by atoms with E-state index < -0.39 is 32.8 Å². The van der Waals surface area contributed by atoms with Crippen LogP contribution in [0.25, 0.3) is 0 Å². The van der Waals surface area contributed by atoms with E-state index in [-0.39, 0.29) is 11.3 Å². The molecule has 2 N–H and O–H groups in total. The van der Waals surface area contributed by atoms with Gasteiger partial charge in [-0.3, -0.25) is 0 Å². The molecule has 96 valence electrons. The summed E-state index contributed by atoms with van der Waals surface area (Å²) in [5, 5.41) is 0. The predicted molar refractivity (Wildman–Crippen MR) is 62.1 cm³/mol. The van der Waals surface area contributed by atoms with E-state index in [1.807, 2.05) is 0 Å². The molecule has 0 aliphatic carbocycles. The molecule has 3 nitrogen and oxygen atoms in total. The van der Waals surface area contributed by atoms with Crippen LogP contribution in [0.3, 0.4) is 0 Å². The Kier molecular flexibility index (Phi) is 3.88. The first-order valence-electron chi connectivity index (χ1n) is 5.02. The van der Waals surface area contributed by atoms with Crippen LogP contribution in [0.15, 0.2) is 18.2 Å². The third kappa shape index (κ3) is 5.23. The van der Waals surface area contributed by atoms with Crippen molar-refractivity contribution >= 4 is 9.84 Å². The first-order chi connectivity index (χ1) is 7.57. The quantitative estimate of drug-likeness (QED) is 0.898. The van der Waals surface area contributed by atoms with Gasteiger partial charge in [-0.2, -0.15) is 0 Å². The molecule has 0 atom stereocenters. The molecule has 17 heavy (non-hydrogen) atoms. The zero-order valence-electron chi connectivity index (χ0n) is 9.70. The highest BCUT2D eigenvalue weighted by Crippen LogP contribution is 2.14. The van der Waals surface area contributed by atoms with E-state index in [1.54, 1.807) is 13.8 Å². The fraction of sp³-hybridized carbons (Fsp3) is 0.455. The zero-order valence-corrected chi connectivity index (χ0v) is 10.5. The molecule has 0 fully saturated rings. The third-order valence-electron chi connectivity index (χ3n) is 1.90. The minimum atomic E-state index is -3.48. The average molecular weight is 263 g/mol. The van der Waals surface area contributed by atoms with Crippen LogP contribution in [-0.2, 0) is 15.6 Å². The zero-order chi connectivity index (χ0) is 13.3. The van der Waals surface area contributed by atoms with Gasteiger partial charge in [-0.25, -0.2) is 17.2 Å². The van der Waals surface area contributed by atoms with Gasteiger partial charge in [-0.15, -0.1) is 0 Å². The van der Waals surface area contributed by atoms with Gasteiger partial charge in [0.1, 0.15) is 11.6 Å². The smallest absolute Gasteiger partial charge is 0.156 e. The molecule has 0 heterocycles. The highest BCUT2D eigenvalue weighted by Gasteiger charge is 2.22. The second-order valence-electron chi connectivity index (χ2n) is 4.80. The Morgan fingerprint density at radius 3 is 2.06 bits per heavy atom. The van der Waals surface area contributed by atoms with Gasteiger partial charge in [0.05, 0.1) is 11.5 Å². The van der Waals surface area contributed by atoms with Gasteiger partial charge in [0, 0.05) is 11.6 Å². The molecule has 0 amide bonds. The summed E-state index contributed by atoms with van der Waals surface area (Å²) in [5.41, 5.74) is 4.83. The normalized spacial score (nSPS) is 12.8. The van der Waals surface area contributed by atoms with Crippen LogP contribution in [0, 0.1) is 11.6 Å². The van der Waals surface area contributed by atoms with Crippen LogP contribution in [0.2, 0.25) is 0 Å². The highest BCUT2D eigenvalue weighted by atomic mass is 32.2. The summed E-state index contributed by atoms with van der Waals surface area (Å²) < 4.78 is 49.2. The number of benzene rings is 1.